The Morgan fingerprint density at radius 2 is 2.08 bits per heavy atom. The number of nitrogens with two attached hydrogens (primary N) is 1. The molecule has 1 aromatic carbocycles. The van der Waals surface area contributed by atoms with Crippen molar-refractivity contribution in [2.45, 2.75) is 13.8 Å². The number of hydrogen-bond donors (Lipinski definition) is 1. The van der Waals surface area contributed by atoms with Gasteiger partial charge in [-0.1, -0.05) is 23.8 Å². The number of benzene rings is 1. The molecule has 1 rings (SSSR count). The fourth-order valence-electron chi connectivity index (χ4n) is 1.21. The van der Waals surface area contributed by atoms with Gasteiger partial charge in [-0.05, 0) is 42.7 Å². The normalized spacial score (nSPS) is 11.1. The molecule has 2 heteroatoms. The Kier molecular flexibility index (Phi) is 3.52. The molecule has 0 aliphatic heterocycles. The summed E-state index contributed by atoms with van der Waals surface area (Å²) in [7, 11) is 0. The van der Waals surface area contributed by atoms with Gasteiger partial charge in [-0.2, -0.15) is 0 Å². The van der Waals surface area contributed by atoms with Crippen molar-refractivity contribution >= 4 is 17.7 Å². The van der Waals surface area contributed by atoms with Crippen LogP contribution in [-0.4, -0.2) is 6.54 Å². The Morgan fingerprint density at radius 3 is 2.69 bits per heavy atom. The molecular weight excluding hydrogens is 182 g/mol. The second kappa shape index (κ2) is 4.45. The minimum atomic E-state index is 0.561. The molecular formula is C11H14ClN. The van der Waals surface area contributed by atoms with E-state index in [0.717, 1.165) is 10.6 Å². The summed E-state index contributed by atoms with van der Waals surface area (Å²) in [6.45, 7) is 4.70. The second-order valence-electron chi connectivity index (χ2n) is 3.07. The Morgan fingerprint density at radius 1 is 1.38 bits per heavy atom. The Labute approximate surface area is 84.2 Å². The summed E-state index contributed by atoms with van der Waals surface area (Å²) in [4.78, 5) is 0. The summed E-state index contributed by atoms with van der Waals surface area (Å²) in [5.41, 5.74) is 9.00. The van der Waals surface area contributed by atoms with Gasteiger partial charge in [0.25, 0.3) is 0 Å². The minimum Gasteiger partial charge on any atom is -0.327 e. The van der Waals surface area contributed by atoms with Crippen LogP contribution in [0.3, 0.4) is 0 Å². The van der Waals surface area contributed by atoms with E-state index < -0.39 is 0 Å². The van der Waals surface area contributed by atoms with Gasteiger partial charge in [-0.15, -0.1) is 0 Å². The molecule has 0 aliphatic carbocycles. The topological polar surface area (TPSA) is 26.0 Å². The molecule has 0 fully saturated rings. The van der Waals surface area contributed by atoms with Crippen LogP contribution in [0.4, 0.5) is 0 Å². The lowest BCUT2D eigenvalue weighted by Crippen LogP contribution is -1.93. The SMILES string of the molecule is Cc1cc(Cl)cc(/C=C/CN)c1C. The average molecular weight is 196 g/mol. The number of rotatable bonds is 2. The zero-order valence-corrected chi connectivity index (χ0v) is 8.73. The van der Waals surface area contributed by atoms with Gasteiger partial charge in [0.15, 0.2) is 0 Å². The maximum Gasteiger partial charge on any atom is 0.0414 e. The maximum atomic E-state index is 5.94. The molecule has 0 bridgehead atoms. The fraction of sp³-hybridized carbons (Fsp3) is 0.273. The van der Waals surface area contributed by atoms with Crippen LogP contribution in [0.1, 0.15) is 16.7 Å². The smallest absolute Gasteiger partial charge is 0.0414 e. The molecule has 1 aromatic rings. The first kappa shape index (κ1) is 10.3. The Bertz CT molecular complexity index is 329. The third-order valence-electron chi connectivity index (χ3n) is 2.11. The summed E-state index contributed by atoms with van der Waals surface area (Å²) in [5.74, 6) is 0. The van der Waals surface area contributed by atoms with E-state index in [1.165, 1.54) is 11.1 Å². The van der Waals surface area contributed by atoms with E-state index in [-0.39, 0.29) is 0 Å². The van der Waals surface area contributed by atoms with Crippen molar-refractivity contribution in [3.63, 3.8) is 0 Å². The lowest BCUT2D eigenvalue weighted by Gasteiger charge is -2.05. The van der Waals surface area contributed by atoms with Gasteiger partial charge >= 0.3 is 0 Å². The fourth-order valence-corrected chi connectivity index (χ4v) is 1.49. The minimum absolute atomic E-state index is 0.561. The molecule has 0 unspecified atom stereocenters. The summed E-state index contributed by atoms with van der Waals surface area (Å²) in [6, 6.07) is 3.92. The van der Waals surface area contributed by atoms with Crippen LogP contribution in [0.15, 0.2) is 18.2 Å². The van der Waals surface area contributed by atoms with Crippen LogP contribution >= 0.6 is 11.6 Å². The maximum absolute atomic E-state index is 5.94. The van der Waals surface area contributed by atoms with Crippen LogP contribution in [0.25, 0.3) is 6.08 Å². The zero-order valence-electron chi connectivity index (χ0n) is 7.97. The Balaban J connectivity index is 3.12. The standard InChI is InChI=1S/C11H14ClN/c1-8-6-11(12)7-10(9(8)2)4-3-5-13/h3-4,6-7H,5,13H2,1-2H3/b4-3+. The lowest BCUT2D eigenvalue weighted by molar-refractivity contribution is 1.26. The quantitative estimate of drug-likeness (QED) is 0.772. The number of hydrogen-bond acceptors (Lipinski definition) is 1. The molecule has 0 heterocycles. The molecule has 13 heavy (non-hydrogen) atoms. The van der Waals surface area contributed by atoms with Crippen molar-refractivity contribution in [1.29, 1.82) is 0 Å². The van der Waals surface area contributed by atoms with E-state index in [9.17, 15) is 0 Å². The average Bonchev–Trinajstić information content (AvgIpc) is 2.09. The third kappa shape index (κ3) is 2.58. The second-order valence-corrected chi connectivity index (χ2v) is 3.51. The predicted molar refractivity (Wildman–Crippen MR) is 59.0 cm³/mol. The molecule has 2 N–H and O–H groups in total. The first-order valence-corrected chi connectivity index (χ1v) is 4.66. The molecule has 0 aromatic heterocycles. The highest BCUT2D eigenvalue weighted by atomic mass is 35.5. The van der Waals surface area contributed by atoms with E-state index in [1.807, 2.05) is 24.3 Å². The third-order valence-corrected chi connectivity index (χ3v) is 2.32. The van der Waals surface area contributed by atoms with Gasteiger partial charge in [0.2, 0.25) is 0 Å². The highest BCUT2D eigenvalue weighted by Crippen LogP contribution is 2.20. The van der Waals surface area contributed by atoms with Crippen LogP contribution in [0.5, 0.6) is 0 Å². The highest BCUT2D eigenvalue weighted by Gasteiger charge is 1.99. The lowest BCUT2D eigenvalue weighted by atomic mass is 10.0. The molecule has 0 spiro atoms. The van der Waals surface area contributed by atoms with Crippen LogP contribution < -0.4 is 5.73 Å². The van der Waals surface area contributed by atoms with E-state index in [4.69, 9.17) is 17.3 Å². The van der Waals surface area contributed by atoms with Crippen molar-refractivity contribution in [2.75, 3.05) is 6.54 Å². The number of halogens is 1. The summed E-state index contributed by atoms with van der Waals surface area (Å²) >= 11 is 5.94. The molecule has 70 valence electrons. The van der Waals surface area contributed by atoms with E-state index in [0.29, 0.717) is 6.54 Å². The zero-order chi connectivity index (χ0) is 9.84. The molecule has 0 radical (unpaired) electrons. The number of aryl methyl sites for hydroxylation is 1. The molecule has 0 atom stereocenters. The van der Waals surface area contributed by atoms with E-state index >= 15 is 0 Å². The van der Waals surface area contributed by atoms with Crippen molar-refractivity contribution < 1.29 is 0 Å². The first-order valence-electron chi connectivity index (χ1n) is 4.28. The summed E-state index contributed by atoms with van der Waals surface area (Å²) < 4.78 is 0. The van der Waals surface area contributed by atoms with Gasteiger partial charge in [0, 0.05) is 11.6 Å². The van der Waals surface area contributed by atoms with Crippen LogP contribution in [0.2, 0.25) is 5.02 Å². The van der Waals surface area contributed by atoms with Gasteiger partial charge < -0.3 is 5.73 Å². The van der Waals surface area contributed by atoms with Crippen molar-refractivity contribution in [1.82, 2.24) is 0 Å². The molecule has 0 saturated heterocycles. The van der Waals surface area contributed by atoms with Gasteiger partial charge in [0.05, 0.1) is 0 Å². The van der Waals surface area contributed by atoms with Crippen molar-refractivity contribution in [3.05, 3.63) is 39.9 Å². The van der Waals surface area contributed by atoms with Crippen molar-refractivity contribution in [2.24, 2.45) is 5.73 Å². The van der Waals surface area contributed by atoms with Gasteiger partial charge in [-0.25, -0.2) is 0 Å². The largest absolute Gasteiger partial charge is 0.327 e. The van der Waals surface area contributed by atoms with E-state index in [2.05, 4.69) is 13.8 Å². The molecule has 1 nitrogen and oxygen atoms in total. The molecule has 0 saturated carbocycles. The van der Waals surface area contributed by atoms with E-state index in [1.54, 1.807) is 0 Å². The van der Waals surface area contributed by atoms with Gasteiger partial charge in [-0.3, -0.25) is 0 Å². The monoisotopic (exact) mass is 195 g/mol. The molecule has 0 amide bonds. The van der Waals surface area contributed by atoms with Crippen LogP contribution in [0, 0.1) is 13.8 Å². The van der Waals surface area contributed by atoms with Crippen molar-refractivity contribution in [3.8, 4) is 0 Å². The summed E-state index contributed by atoms with van der Waals surface area (Å²) in [6.07, 6.45) is 3.94. The first-order chi connectivity index (χ1) is 6.15. The Hall–Kier alpha value is -0.790. The summed E-state index contributed by atoms with van der Waals surface area (Å²) in [5, 5.41) is 0.778. The van der Waals surface area contributed by atoms with Gasteiger partial charge in [0.1, 0.15) is 0 Å². The molecule has 0 aliphatic rings. The van der Waals surface area contributed by atoms with Crippen LogP contribution in [-0.2, 0) is 0 Å². The highest BCUT2D eigenvalue weighted by molar-refractivity contribution is 6.30. The predicted octanol–water partition coefficient (Wildman–Crippen LogP) is 2.93.